The lowest BCUT2D eigenvalue weighted by Gasteiger charge is -2.05. The van der Waals surface area contributed by atoms with Crippen molar-refractivity contribution in [1.29, 1.82) is 0 Å². The van der Waals surface area contributed by atoms with Gasteiger partial charge in [-0.3, -0.25) is 4.99 Å². The van der Waals surface area contributed by atoms with E-state index in [-0.39, 0.29) is 0 Å². The molecule has 0 aliphatic rings. The van der Waals surface area contributed by atoms with Gasteiger partial charge in [-0.25, -0.2) is 0 Å². The van der Waals surface area contributed by atoms with Gasteiger partial charge in [-0.15, -0.1) is 0 Å². The summed E-state index contributed by atoms with van der Waals surface area (Å²) in [5.41, 5.74) is 6.10. The van der Waals surface area contributed by atoms with Crippen LogP contribution in [0.1, 0.15) is 18.1 Å². The van der Waals surface area contributed by atoms with Gasteiger partial charge in [0.05, 0.1) is 5.69 Å². The molecule has 0 unspecified atom stereocenters. The molecule has 0 aromatic heterocycles. The van der Waals surface area contributed by atoms with E-state index in [0.29, 0.717) is 0 Å². The molecule has 134 valence electrons. The van der Waals surface area contributed by atoms with Gasteiger partial charge in [0.15, 0.2) is 0 Å². The Labute approximate surface area is 162 Å². The van der Waals surface area contributed by atoms with E-state index in [0.717, 1.165) is 12.1 Å². The molecule has 0 heterocycles. The number of fused-ring (bicyclic) bond motifs is 1. The van der Waals surface area contributed by atoms with E-state index in [2.05, 4.69) is 85.4 Å². The highest BCUT2D eigenvalue weighted by molar-refractivity contribution is 5.87. The van der Waals surface area contributed by atoms with Crippen LogP contribution in [-0.2, 0) is 6.42 Å². The van der Waals surface area contributed by atoms with Gasteiger partial charge in [0, 0.05) is 0 Å². The Kier molecular flexibility index (Phi) is 6.17. The van der Waals surface area contributed by atoms with Gasteiger partial charge in [0.2, 0.25) is 0 Å². The molecular weight excluding hydrogens is 326 g/mol. The number of rotatable bonds is 3. The third-order valence-electron chi connectivity index (χ3n) is 4.71. The Bertz CT molecular complexity index is 1030. The molecule has 27 heavy (non-hydrogen) atoms. The van der Waals surface area contributed by atoms with Gasteiger partial charge >= 0.3 is 0 Å². The van der Waals surface area contributed by atoms with Crippen LogP contribution in [-0.4, -0.2) is 6.72 Å². The summed E-state index contributed by atoms with van der Waals surface area (Å²) in [5, 5.41) is 2.64. The topological polar surface area (TPSA) is 12.4 Å². The molecular formula is C26H25N. The standard InChI is InChI=1S/C18H16.C8H9N/c1-2-14-8-9-18-13-17(11-10-16(18)12-14)15-6-4-3-5-7-15;1-7-5-3-4-6-8(7)9-2/h3-13H,2H2,1H3;3-6H,2H2,1H3. The molecule has 0 aliphatic carbocycles. The second-order valence-corrected chi connectivity index (χ2v) is 6.56. The largest absolute Gasteiger partial charge is 0.264 e. The summed E-state index contributed by atoms with van der Waals surface area (Å²) >= 11 is 0. The zero-order valence-corrected chi connectivity index (χ0v) is 16.0. The maximum absolute atomic E-state index is 3.82. The van der Waals surface area contributed by atoms with E-state index in [1.165, 1.54) is 33.0 Å². The first-order chi connectivity index (χ1) is 13.2. The molecule has 0 bridgehead atoms. The molecule has 4 rings (SSSR count). The molecule has 4 aromatic rings. The van der Waals surface area contributed by atoms with E-state index in [1.54, 1.807) is 0 Å². The Morgan fingerprint density at radius 3 is 2.04 bits per heavy atom. The highest BCUT2D eigenvalue weighted by Gasteiger charge is 2.00. The van der Waals surface area contributed by atoms with Crippen molar-refractivity contribution < 1.29 is 0 Å². The lowest BCUT2D eigenvalue weighted by atomic mass is 9.99. The number of aryl methyl sites for hydroxylation is 2. The number of aliphatic imine (C=N–C) groups is 1. The third kappa shape index (κ3) is 4.71. The van der Waals surface area contributed by atoms with Crippen LogP contribution in [0.25, 0.3) is 21.9 Å². The average Bonchev–Trinajstić information content (AvgIpc) is 2.74. The first-order valence-electron chi connectivity index (χ1n) is 9.31. The minimum Gasteiger partial charge on any atom is -0.264 e. The molecule has 0 spiro atoms. The van der Waals surface area contributed by atoms with Crippen molar-refractivity contribution in [2.24, 2.45) is 4.99 Å². The molecule has 0 radical (unpaired) electrons. The minimum absolute atomic E-state index is 0.970. The molecule has 0 atom stereocenters. The van der Waals surface area contributed by atoms with Crippen molar-refractivity contribution in [2.45, 2.75) is 20.3 Å². The van der Waals surface area contributed by atoms with Gasteiger partial charge in [-0.05, 0) is 65.2 Å². The monoisotopic (exact) mass is 351 g/mol. The van der Waals surface area contributed by atoms with Crippen molar-refractivity contribution in [3.63, 3.8) is 0 Å². The molecule has 4 aromatic carbocycles. The van der Waals surface area contributed by atoms with Gasteiger partial charge in [-0.1, -0.05) is 85.8 Å². The van der Waals surface area contributed by atoms with Crippen LogP contribution in [0.5, 0.6) is 0 Å². The first kappa shape index (κ1) is 18.6. The summed E-state index contributed by atoms with van der Waals surface area (Å²) in [7, 11) is 0. The summed E-state index contributed by atoms with van der Waals surface area (Å²) in [6.07, 6.45) is 1.09. The number of para-hydroxylation sites is 1. The minimum atomic E-state index is 0.970. The Morgan fingerprint density at radius 1 is 0.704 bits per heavy atom. The van der Waals surface area contributed by atoms with E-state index < -0.39 is 0 Å². The number of hydrogen-bond acceptors (Lipinski definition) is 1. The van der Waals surface area contributed by atoms with Gasteiger partial charge in [0.25, 0.3) is 0 Å². The number of hydrogen-bond donors (Lipinski definition) is 0. The van der Waals surface area contributed by atoms with Crippen LogP contribution in [0.4, 0.5) is 5.69 Å². The first-order valence-corrected chi connectivity index (χ1v) is 9.31. The van der Waals surface area contributed by atoms with Crippen LogP contribution < -0.4 is 0 Å². The van der Waals surface area contributed by atoms with Crippen molar-refractivity contribution in [2.75, 3.05) is 0 Å². The number of benzene rings is 4. The smallest absolute Gasteiger partial charge is 0.0651 e. The van der Waals surface area contributed by atoms with Gasteiger partial charge < -0.3 is 0 Å². The third-order valence-corrected chi connectivity index (χ3v) is 4.71. The highest BCUT2D eigenvalue weighted by atomic mass is 14.7. The van der Waals surface area contributed by atoms with Crippen molar-refractivity contribution >= 4 is 23.2 Å². The molecule has 0 saturated carbocycles. The van der Waals surface area contributed by atoms with E-state index in [9.17, 15) is 0 Å². The number of nitrogens with zero attached hydrogens (tertiary/aromatic N) is 1. The maximum atomic E-state index is 3.82. The van der Waals surface area contributed by atoms with Gasteiger partial charge in [0.1, 0.15) is 0 Å². The van der Waals surface area contributed by atoms with Crippen LogP contribution in [0.15, 0.2) is 96.0 Å². The zero-order chi connectivity index (χ0) is 19.1. The molecule has 1 heteroatoms. The van der Waals surface area contributed by atoms with Crippen molar-refractivity contribution in [3.05, 3.63) is 102 Å². The molecule has 0 amide bonds. The molecule has 0 fully saturated rings. The lowest BCUT2D eigenvalue weighted by molar-refractivity contribution is 1.15. The van der Waals surface area contributed by atoms with E-state index in [4.69, 9.17) is 0 Å². The normalized spacial score (nSPS) is 10.1. The fourth-order valence-electron chi connectivity index (χ4n) is 3.07. The van der Waals surface area contributed by atoms with Gasteiger partial charge in [-0.2, -0.15) is 0 Å². The summed E-state index contributed by atoms with van der Waals surface area (Å²) < 4.78 is 0. The fourth-order valence-corrected chi connectivity index (χ4v) is 3.07. The molecule has 1 nitrogen and oxygen atoms in total. The van der Waals surface area contributed by atoms with Crippen LogP contribution in [0, 0.1) is 6.92 Å². The fraction of sp³-hybridized carbons (Fsp3) is 0.115. The van der Waals surface area contributed by atoms with Crippen molar-refractivity contribution in [1.82, 2.24) is 0 Å². The Morgan fingerprint density at radius 2 is 1.37 bits per heavy atom. The maximum Gasteiger partial charge on any atom is 0.0651 e. The predicted octanol–water partition coefficient (Wildman–Crippen LogP) is 7.40. The Balaban J connectivity index is 0.000000197. The summed E-state index contributed by atoms with van der Waals surface area (Å²) in [4.78, 5) is 3.82. The molecule has 0 N–H and O–H groups in total. The quantitative estimate of drug-likeness (QED) is 0.341. The average molecular weight is 351 g/mol. The SMILES string of the molecule is C=Nc1ccccc1C.CCc1ccc2cc(-c3ccccc3)ccc2c1. The van der Waals surface area contributed by atoms with Crippen LogP contribution in [0.3, 0.4) is 0 Å². The highest BCUT2D eigenvalue weighted by Crippen LogP contribution is 2.25. The van der Waals surface area contributed by atoms with E-state index in [1.807, 2.05) is 31.2 Å². The lowest BCUT2D eigenvalue weighted by Crippen LogP contribution is -1.82. The molecule has 0 saturated heterocycles. The van der Waals surface area contributed by atoms with Crippen LogP contribution >= 0.6 is 0 Å². The Hall–Kier alpha value is -3.19. The second kappa shape index (κ2) is 8.95. The summed E-state index contributed by atoms with van der Waals surface area (Å²) in [6, 6.07) is 31.9. The summed E-state index contributed by atoms with van der Waals surface area (Å²) in [6.45, 7) is 7.65. The summed E-state index contributed by atoms with van der Waals surface area (Å²) in [5.74, 6) is 0. The predicted molar refractivity (Wildman–Crippen MR) is 119 cm³/mol. The van der Waals surface area contributed by atoms with Crippen molar-refractivity contribution in [3.8, 4) is 11.1 Å². The second-order valence-electron chi connectivity index (χ2n) is 6.56. The van der Waals surface area contributed by atoms with E-state index >= 15 is 0 Å². The zero-order valence-electron chi connectivity index (χ0n) is 16.0. The molecule has 0 aliphatic heterocycles. The van der Waals surface area contributed by atoms with Crippen LogP contribution in [0.2, 0.25) is 0 Å².